The molecule has 3 aromatic carbocycles. The number of amides is 2. The standard InChI is InChI=1S/C25H21FN2O2/c26-22-13-11-21(12-14-22)24-18-28(15-16-30-24)25(29)27-23-8-4-7-20(17-23)10-9-19-5-2-1-3-6-19/h1-8,11-14,17,24H,15-16,18H2,(H,27,29). The number of benzene rings is 3. The molecule has 1 atom stereocenters. The van der Waals surface area contributed by atoms with Gasteiger partial charge in [-0.3, -0.25) is 0 Å². The molecule has 1 N–H and O–H groups in total. The smallest absolute Gasteiger partial charge is 0.322 e. The van der Waals surface area contributed by atoms with Gasteiger partial charge >= 0.3 is 6.03 Å². The number of nitrogens with one attached hydrogen (secondary N) is 1. The predicted molar refractivity (Wildman–Crippen MR) is 115 cm³/mol. The largest absolute Gasteiger partial charge is 0.370 e. The molecule has 5 heteroatoms. The van der Waals surface area contributed by atoms with E-state index >= 15 is 0 Å². The Bertz CT molecular complexity index is 1070. The molecule has 4 rings (SSSR count). The average Bonchev–Trinajstić information content (AvgIpc) is 2.79. The first-order valence-corrected chi connectivity index (χ1v) is 9.77. The van der Waals surface area contributed by atoms with Crippen LogP contribution in [0.5, 0.6) is 0 Å². The molecule has 0 aromatic heterocycles. The SMILES string of the molecule is O=C(Nc1cccc(C#Cc2ccccc2)c1)N1CCOC(c2ccc(F)cc2)C1. The van der Waals surface area contributed by atoms with E-state index in [0.29, 0.717) is 25.4 Å². The van der Waals surface area contributed by atoms with Gasteiger partial charge in [-0.15, -0.1) is 0 Å². The summed E-state index contributed by atoms with van der Waals surface area (Å²) in [6, 6.07) is 23.2. The highest BCUT2D eigenvalue weighted by Crippen LogP contribution is 2.23. The molecular formula is C25H21FN2O2. The van der Waals surface area contributed by atoms with Crippen LogP contribution in [0.4, 0.5) is 14.9 Å². The topological polar surface area (TPSA) is 41.6 Å². The van der Waals surface area contributed by atoms with Crippen LogP contribution in [-0.4, -0.2) is 30.6 Å². The van der Waals surface area contributed by atoms with E-state index < -0.39 is 0 Å². The number of ether oxygens (including phenoxy) is 1. The monoisotopic (exact) mass is 400 g/mol. The molecule has 1 heterocycles. The fraction of sp³-hybridized carbons (Fsp3) is 0.160. The number of anilines is 1. The van der Waals surface area contributed by atoms with Crippen LogP contribution >= 0.6 is 0 Å². The maximum atomic E-state index is 13.2. The molecule has 0 saturated carbocycles. The highest BCUT2D eigenvalue weighted by Gasteiger charge is 2.25. The number of carbonyl (C=O) groups is 1. The van der Waals surface area contributed by atoms with E-state index in [4.69, 9.17) is 4.74 Å². The summed E-state index contributed by atoms with van der Waals surface area (Å²) in [6.07, 6.45) is -0.270. The second-order valence-electron chi connectivity index (χ2n) is 6.98. The zero-order valence-corrected chi connectivity index (χ0v) is 16.3. The van der Waals surface area contributed by atoms with Crippen molar-refractivity contribution in [3.8, 4) is 11.8 Å². The molecular weight excluding hydrogens is 379 g/mol. The Morgan fingerprint density at radius 3 is 2.50 bits per heavy atom. The number of nitrogens with zero attached hydrogens (tertiary/aromatic N) is 1. The first kappa shape index (κ1) is 19.7. The fourth-order valence-electron chi connectivity index (χ4n) is 3.26. The van der Waals surface area contributed by atoms with Gasteiger partial charge in [-0.1, -0.05) is 48.2 Å². The first-order valence-electron chi connectivity index (χ1n) is 9.77. The number of hydrogen-bond acceptors (Lipinski definition) is 2. The van der Waals surface area contributed by atoms with Crippen molar-refractivity contribution in [3.05, 3.63) is 101 Å². The predicted octanol–water partition coefficient (Wildman–Crippen LogP) is 4.83. The highest BCUT2D eigenvalue weighted by molar-refractivity contribution is 5.89. The average molecular weight is 400 g/mol. The van der Waals surface area contributed by atoms with Crippen molar-refractivity contribution in [1.82, 2.24) is 4.90 Å². The Morgan fingerprint density at radius 2 is 1.70 bits per heavy atom. The van der Waals surface area contributed by atoms with E-state index in [1.54, 1.807) is 17.0 Å². The van der Waals surface area contributed by atoms with Crippen LogP contribution in [0.2, 0.25) is 0 Å². The van der Waals surface area contributed by atoms with Gasteiger partial charge in [0.25, 0.3) is 0 Å². The van der Waals surface area contributed by atoms with Crippen molar-refractivity contribution in [1.29, 1.82) is 0 Å². The van der Waals surface area contributed by atoms with Gasteiger partial charge in [0.15, 0.2) is 0 Å². The number of hydrogen-bond donors (Lipinski definition) is 1. The zero-order valence-electron chi connectivity index (χ0n) is 16.3. The minimum atomic E-state index is -0.292. The summed E-state index contributed by atoms with van der Waals surface area (Å²) >= 11 is 0. The van der Waals surface area contributed by atoms with E-state index in [2.05, 4.69) is 17.2 Å². The lowest BCUT2D eigenvalue weighted by Crippen LogP contribution is -2.44. The molecule has 1 aliphatic heterocycles. The van der Waals surface area contributed by atoms with E-state index in [0.717, 1.165) is 16.7 Å². The number of rotatable bonds is 2. The van der Waals surface area contributed by atoms with Gasteiger partial charge in [0.05, 0.1) is 13.2 Å². The van der Waals surface area contributed by atoms with Crippen LogP contribution in [-0.2, 0) is 4.74 Å². The summed E-state index contributed by atoms with van der Waals surface area (Å²) in [5.74, 6) is 5.95. The van der Waals surface area contributed by atoms with Gasteiger partial charge in [-0.25, -0.2) is 9.18 Å². The molecule has 30 heavy (non-hydrogen) atoms. The van der Waals surface area contributed by atoms with Gasteiger partial charge in [0, 0.05) is 23.4 Å². The molecule has 4 nitrogen and oxygen atoms in total. The summed E-state index contributed by atoms with van der Waals surface area (Å²) < 4.78 is 18.9. The summed E-state index contributed by atoms with van der Waals surface area (Å²) in [5.41, 5.74) is 3.30. The minimum Gasteiger partial charge on any atom is -0.370 e. The molecule has 0 spiro atoms. The van der Waals surface area contributed by atoms with Gasteiger partial charge < -0.3 is 15.0 Å². The normalized spacial score (nSPS) is 15.8. The van der Waals surface area contributed by atoms with Crippen molar-refractivity contribution < 1.29 is 13.9 Å². The van der Waals surface area contributed by atoms with Crippen molar-refractivity contribution in [2.45, 2.75) is 6.10 Å². The lowest BCUT2D eigenvalue weighted by molar-refractivity contribution is -0.0135. The molecule has 1 aliphatic rings. The van der Waals surface area contributed by atoms with E-state index in [9.17, 15) is 9.18 Å². The first-order chi connectivity index (χ1) is 14.7. The molecule has 150 valence electrons. The number of morpholine rings is 1. The van der Waals surface area contributed by atoms with Crippen LogP contribution in [0, 0.1) is 17.7 Å². The highest BCUT2D eigenvalue weighted by atomic mass is 19.1. The minimum absolute atomic E-state index is 0.196. The van der Waals surface area contributed by atoms with E-state index in [1.165, 1.54) is 12.1 Å². The summed E-state index contributed by atoms with van der Waals surface area (Å²) in [5, 5.41) is 2.94. The maximum Gasteiger partial charge on any atom is 0.322 e. The molecule has 1 unspecified atom stereocenters. The second kappa shape index (κ2) is 9.25. The molecule has 2 amide bonds. The van der Waals surface area contributed by atoms with Gasteiger partial charge in [-0.2, -0.15) is 0 Å². The molecule has 1 saturated heterocycles. The maximum absolute atomic E-state index is 13.2. The van der Waals surface area contributed by atoms with Crippen LogP contribution < -0.4 is 5.32 Å². The van der Waals surface area contributed by atoms with Crippen molar-refractivity contribution in [3.63, 3.8) is 0 Å². The number of halogens is 1. The summed E-state index contributed by atoms with van der Waals surface area (Å²) in [4.78, 5) is 14.5. The van der Waals surface area contributed by atoms with Crippen LogP contribution in [0.3, 0.4) is 0 Å². The number of urea groups is 1. The quantitative estimate of drug-likeness (QED) is 0.626. The lowest BCUT2D eigenvalue weighted by atomic mass is 10.1. The third kappa shape index (κ3) is 5.05. The molecule has 0 aliphatic carbocycles. The van der Waals surface area contributed by atoms with Crippen LogP contribution in [0.15, 0.2) is 78.9 Å². The lowest BCUT2D eigenvalue weighted by Gasteiger charge is -2.33. The molecule has 0 radical (unpaired) electrons. The van der Waals surface area contributed by atoms with Crippen molar-refractivity contribution >= 4 is 11.7 Å². The fourth-order valence-corrected chi connectivity index (χ4v) is 3.26. The third-order valence-corrected chi connectivity index (χ3v) is 4.83. The summed E-state index contributed by atoms with van der Waals surface area (Å²) in [6.45, 7) is 1.33. The molecule has 3 aromatic rings. The van der Waals surface area contributed by atoms with Gasteiger partial charge in [0.2, 0.25) is 0 Å². The Labute approximate surface area is 175 Å². The third-order valence-electron chi connectivity index (χ3n) is 4.83. The summed E-state index contributed by atoms with van der Waals surface area (Å²) in [7, 11) is 0. The van der Waals surface area contributed by atoms with Crippen molar-refractivity contribution in [2.75, 3.05) is 25.0 Å². The second-order valence-corrected chi connectivity index (χ2v) is 6.98. The molecule has 0 bridgehead atoms. The Hall–Kier alpha value is -3.62. The zero-order chi connectivity index (χ0) is 20.8. The Balaban J connectivity index is 1.41. The van der Waals surface area contributed by atoms with Crippen LogP contribution in [0.1, 0.15) is 22.8 Å². The van der Waals surface area contributed by atoms with Gasteiger partial charge in [-0.05, 0) is 48.0 Å². The van der Waals surface area contributed by atoms with Gasteiger partial charge in [0.1, 0.15) is 11.9 Å². The van der Waals surface area contributed by atoms with Crippen molar-refractivity contribution in [2.24, 2.45) is 0 Å². The Kier molecular flexibility index (Phi) is 6.07. The Morgan fingerprint density at radius 1 is 0.967 bits per heavy atom. The number of carbonyl (C=O) groups excluding carboxylic acids is 1. The molecule has 1 fully saturated rings. The van der Waals surface area contributed by atoms with E-state index in [-0.39, 0.29) is 18.0 Å². The van der Waals surface area contributed by atoms with E-state index in [1.807, 2.05) is 54.6 Å². The van der Waals surface area contributed by atoms with Crippen LogP contribution in [0.25, 0.3) is 0 Å².